The summed E-state index contributed by atoms with van der Waals surface area (Å²) in [4.78, 5) is 14.7. The average molecular weight is 348 g/mol. The monoisotopic (exact) mass is 348 g/mol. The van der Waals surface area contributed by atoms with Crippen LogP contribution in [0.5, 0.6) is 17.2 Å². The van der Waals surface area contributed by atoms with Crippen LogP contribution >= 0.6 is 0 Å². The highest BCUT2D eigenvalue weighted by Crippen LogP contribution is 2.40. The lowest BCUT2D eigenvalue weighted by Gasteiger charge is -2.24. The largest absolute Gasteiger partial charge is 0.493 e. The zero-order chi connectivity index (χ0) is 17.8. The zero-order valence-electron chi connectivity index (χ0n) is 15.3. The Labute approximate surface area is 149 Å². The van der Waals surface area contributed by atoms with Crippen molar-refractivity contribution in [3.05, 3.63) is 17.7 Å². The predicted octanol–water partition coefficient (Wildman–Crippen LogP) is 2.00. The summed E-state index contributed by atoms with van der Waals surface area (Å²) in [6.07, 6.45) is 4.58. The van der Waals surface area contributed by atoms with Gasteiger partial charge >= 0.3 is 0 Å². The second-order valence-corrected chi connectivity index (χ2v) is 6.76. The average Bonchev–Trinajstić information content (AvgIpc) is 2.97. The molecule has 1 aromatic carbocycles. The van der Waals surface area contributed by atoms with E-state index >= 15 is 0 Å². The maximum Gasteiger partial charge on any atom is 0.222 e. The van der Waals surface area contributed by atoms with Crippen LogP contribution in [-0.4, -0.2) is 57.3 Å². The van der Waals surface area contributed by atoms with Crippen molar-refractivity contribution in [3.63, 3.8) is 0 Å². The first-order valence-electron chi connectivity index (χ1n) is 8.98. The Morgan fingerprint density at radius 3 is 2.56 bits per heavy atom. The molecule has 3 rings (SSSR count). The van der Waals surface area contributed by atoms with Gasteiger partial charge in [0, 0.05) is 31.6 Å². The van der Waals surface area contributed by atoms with E-state index in [1.165, 1.54) is 12.8 Å². The third kappa shape index (κ3) is 3.84. The maximum atomic E-state index is 12.7. The quantitative estimate of drug-likeness (QED) is 0.852. The number of amides is 1. The van der Waals surface area contributed by atoms with Crippen LogP contribution in [0.3, 0.4) is 0 Å². The fraction of sp³-hybridized carbons (Fsp3) is 0.632. The van der Waals surface area contributed by atoms with E-state index in [9.17, 15) is 4.79 Å². The van der Waals surface area contributed by atoms with Gasteiger partial charge in [-0.3, -0.25) is 4.79 Å². The lowest BCUT2D eigenvalue weighted by atomic mass is 10.1. The molecule has 2 aliphatic heterocycles. The van der Waals surface area contributed by atoms with Gasteiger partial charge in [0.2, 0.25) is 11.7 Å². The van der Waals surface area contributed by atoms with E-state index in [4.69, 9.17) is 14.2 Å². The summed E-state index contributed by atoms with van der Waals surface area (Å²) in [7, 11) is 4.80. The molecular formula is C19H28N2O4. The van der Waals surface area contributed by atoms with E-state index in [1.807, 2.05) is 17.0 Å². The number of hydrogen-bond donors (Lipinski definition) is 1. The Morgan fingerprint density at radius 1 is 1.08 bits per heavy atom. The predicted molar refractivity (Wildman–Crippen MR) is 95.6 cm³/mol. The van der Waals surface area contributed by atoms with Crippen molar-refractivity contribution in [2.45, 2.75) is 44.2 Å². The Hall–Kier alpha value is -1.95. The number of fused-ring (bicyclic) bond motifs is 2. The normalized spacial score (nSPS) is 22.4. The second-order valence-electron chi connectivity index (χ2n) is 6.76. The molecule has 1 amide bonds. The third-order valence-electron chi connectivity index (χ3n) is 5.27. The number of carbonyl (C=O) groups excluding carboxylic acids is 1. The van der Waals surface area contributed by atoms with Gasteiger partial charge in [-0.05, 0) is 37.3 Å². The molecule has 2 heterocycles. The summed E-state index contributed by atoms with van der Waals surface area (Å²) in [5.41, 5.74) is 0.961. The van der Waals surface area contributed by atoms with Crippen LogP contribution in [0, 0.1) is 0 Å². The molecule has 1 N–H and O–H groups in total. The number of benzene rings is 1. The van der Waals surface area contributed by atoms with Gasteiger partial charge in [-0.2, -0.15) is 0 Å². The van der Waals surface area contributed by atoms with Gasteiger partial charge in [0.05, 0.1) is 21.3 Å². The van der Waals surface area contributed by atoms with Gasteiger partial charge in [-0.1, -0.05) is 6.07 Å². The molecule has 0 spiro atoms. The van der Waals surface area contributed by atoms with Crippen LogP contribution in [0.1, 0.15) is 31.2 Å². The number of methoxy groups -OCH3 is 3. The fourth-order valence-electron chi connectivity index (χ4n) is 3.93. The summed E-state index contributed by atoms with van der Waals surface area (Å²) < 4.78 is 16.2. The van der Waals surface area contributed by atoms with Crippen LogP contribution in [0.25, 0.3) is 0 Å². The minimum Gasteiger partial charge on any atom is -0.493 e. The molecule has 2 bridgehead atoms. The smallest absolute Gasteiger partial charge is 0.222 e. The number of rotatable bonds is 6. The molecular weight excluding hydrogens is 320 g/mol. The number of ether oxygens (including phenoxy) is 3. The van der Waals surface area contributed by atoms with Gasteiger partial charge in [-0.25, -0.2) is 0 Å². The molecule has 1 aromatic rings. The SMILES string of the molecule is COc1ccc(CCC(=O)N2CCC3CCC(C2)N3)c(OC)c1OC. The fourth-order valence-corrected chi connectivity index (χ4v) is 3.93. The maximum absolute atomic E-state index is 12.7. The van der Waals surface area contributed by atoms with Crippen molar-refractivity contribution in [1.29, 1.82) is 0 Å². The van der Waals surface area contributed by atoms with Crippen molar-refractivity contribution < 1.29 is 19.0 Å². The molecule has 2 aliphatic rings. The van der Waals surface area contributed by atoms with Gasteiger partial charge in [0.15, 0.2) is 11.5 Å². The summed E-state index contributed by atoms with van der Waals surface area (Å²) in [6, 6.07) is 4.86. The van der Waals surface area contributed by atoms with E-state index < -0.39 is 0 Å². The highest BCUT2D eigenvalue weighted by Gasteiger charge is 2.31. The van der Waals surface area contributed by atoms with Crippen LogP contribution in [0.15, 0.2) is 12.1 Å². The second kappa shape index (κ2) is 7.95. The van der Waals surface area contributed by atoms with Crippen LogP contribution in [0.4, 0.5) is 0 Å². The molecule has 6 heteroatoms. The summed E-state index contributed by atoms with van der Waals surface area (Å²) in [5, 5.41) is 3.61. The van der Waals surface area contributed by atoms with Gasteiger partial charge < -0.3 is 24.4 Å². The first-order chi connectivity index (χ1) is 12.2. The van der Waals surface area contributed by atoms with Crippen LogP contribution in [0.2, 0.25) is 0 Å². The standard InChI is InChI=1S/C19H28N2O4/c1-23-16-8-4-13(18(24-2)19(16)25-3)5-9-17(22)21-11-10-14-6-7-15(12-21)20-14/h4,8,14-15,20H,5-7,9-12H2,1-3H3. The molecule has 0 aromatic heterocycles. The molecule has 6 nitrogen and oxygen atoms in total. The summed E-state index contributed by atoms with van der Waals surface area (Å²) in [6.45, 7) is 1.69. The highest BCUT2D eigenvalue weighted by atomic mass is 16.5. The topological polar surface area (TPSA) is 60.0 Å². The van der Waals surface area contributed by atoms with Crippen molar-refractivity contribution in [2.24, 2.45) is 0 Å². The van der Waals surface area contributed by atoms with Gasteiger partial charge in [-0.15, -0.1) is 0 Å². The molecule has 2 unspecified atom stereocenters. The molecule has 2 saturated heterocycles. The molecule has 2 fully saturated rings. The van der Waals surface area contributed by atoms with Gasteiger partial charge in [0.25, 0.3) is 0 Å². The molecule has 2 atom stereocenters. The lowest BCUT2D eigenvalue weighted by molar-refractivity contribution is -0.131. The van der Waals surface area contributed by atoms with Crippen molar-refractivity contribution >= 4 is 5.91 Å². The first-order valence-corrected chi connectivity index (χ1v) is 8.98. The van der Waals surface area contributed by atoms with E-state index in [0.29, 0.717) is 42.2 Å². The number of carbonyl (C=O) groups is 1. The lowest BCUT2D eigenvalue weighted by Crippen LogP contribution is -2.39. The summed E-state index contributed by atoms with van der Waals surface area (Å²) >= 11 is 0. The minimum absolute atomic E-state index is 0.214. The number of likely N-dealkylation sites (tertiary alicyclic amines) is 1. The number of hydrogen-bond acceptors (Lipinski definition) is 5. The molecule has 0 saturated carbocycles. The van der Waals surface area contributed by atoms with E-state index in [-0.39, 0.29) is 5.91 Å². The highest BCUT2D eigenvalue weighted by molar-refractivity contribution is 5.77. The Balaban J connectivity index is 1.65. The Morgan fingerprint density at radius 2 is 1.84 bits per heavy atom. The van der Waals surface area contributed by atoms with E-state index in [1.54, 1.807) is 21.3 Å². The molecule has 138 valence electrons. The van der Waals surface area contributed by atoms with Crippen LogP contribution in [-0.2, 0) is 11.2 Å². The van der Waals surface area contributed by atoms with E-state index in [0.717, 1.165) is 25.1 Å². The summed E-state index contributed by atoms with van der Waals surface area (Å²) in [5.74, 6) is 2.06. The van der Waals surface area contributed by atoms with Crippen molar-refractivity contribution in [3.8, 4) is 17.2 Å². The minimum atomic E-state index is 0.214. The number of nitrogens with zero attached hydrogens (tertiary/aromatic N) is 1. The zero-order valence-corrected chi connectivity index (χ0v) is 15.3. The Kier molecular flexibility index (Phi) is 5.68. The van der Waals surface area contributed by atoms with Gasteiger partial charge in [0.1, 0.15) is 0 Å². The molecule has 0 aliphatic carbocycles. The Bertz CT molecular complexity index is 620. The third-order valence-corrected chi connectivity index (χ3v) is 5.27. The first kappa shape index (κ1) is 17.9. The van der Waals surface area contributed by atoms with Crippen molar-refractivity contribution in [1.82, 2.24) is 10.2 Å². The molecule has 0 radical (unpaired) electrons. The number of aryl methyl sites for hydroxylation is 1. The molecule has 25 heavy (non-hydrogen) atoms. The van der Waals surface area contributed by atoms with Crippen molar-refractivity contribution in [2.75, 3.05) is 34.4 Å². The van der Waals surface area contributed by atoms with Crippen LogP contribution < -0.4 is 19.5 Å². The van der Waals surface area contributed by atoms with E-state index in [2.05, 4.69) is 5.32 Å². The number of nitrogens with one attached hydrogen (secondary N) is 1.